The Kier molecular flexibility index (Phi) is 5.06. The van der Waals surface area contributed by atoms with Crippen LogP contribution < -0.4 is 0 Å². The van der Waals surface area contributed by atoms with Crippen LogP contribution in [0.25, 0.3) is 0 Å². The molecule has 1 saturated heterocycles. The van der Waals surface area contributed by atoms with Crippen LogP contribution in [0.15, 0.2) is 59.1 Å². The molecule has 3 heteroatoms. The van der Waals surface area contributed by atoms with E-state index in [1.165, 1.54) is 12.0 Å². The van der Waals surface area contributed by atoms with Gasteiger partial charge in [-0.25, -0.2) is 0 Å². The molecule has 2 aromatic carbocycles. The summed E-state index contributed by atoms with van der Waals surface area (Å²) in [6.45, 7) is 2.03. The van der Waals surface area contributed by atoms with Crippen LogP contribution in [0, 0.1) is 0 Å². The number of likely N-dealkylation sites (tertiary alicyclic amines) is 1. The summed E-state index contributed by atoms with van der Waals surface area (Å²) in [6, 6.07) is 18.6. The normalized spacial score (nSPS) is 18.5. The third kappa shape index (κ3) is 3.84. The summed E-state index contributed by atoms with van der Waals surface area (Å²) >= 11 is 3.41. The number of Topliss-reactive ketones (excluding diaryl/α,β-unsaturated/α-hetero) is 1. The van der Waals surface area contributed by atoms with E-state index >= 15 is 0 Å². The van der Waals surface area contributed by atoms with Gasteiger partial charge in [-0.15, -0.1) is 0 Å². The Morgan fingerprint density at radius 1 is 1.09 bits per heavy atom. The Labute approximate surface area is 140 Å². The topological polar surface area (TPSA) is 20.3 Å². The highest BCUT2D eigenvalue weighted by Gasteiger charge is 2.26. The first-order valence-corrected chi connectivity index (χ1v) is 8.58. The van der Waals surface area contributed by atoms with Crippen molar-refractivity contribution >= 4 is 21.7 Å². The molecule has 114 valence electrons. The molecule has 0 bridgehead atoms. The number of carbonyl (C=O) groups excluding carboxylic acids is 1. The van der Waals surface area contributed by atoms with E-state index in [-0.39, 0.29) is 5.78 Å². The zero-order valence-electron chi connectivity index (χ0n) is 12.5. The minimum Gasteiger partial charge on any atom is -0.296 e. The number of halogens is 1. The third-order valence-electron chi connectivity index (χ3n) is 4.31. The van der Waals surface area contributed by atoms with E-state index in [1.807, 2.05) is 30.3 Å². The summed E-state index contributed by atoms with van der Waals surface area (Å²) in [6.07, 6.45) is 2.93. The summed E-state index contributed by atoms with van der Waals surface area (Å²) < 4.78 is 1.01. The van der Waals surface area contributed by atoms with Gasteiger partial charge < -0.3 is 0 Å². The van der Waals surface area contributed by atoms with E-state index in [0.29, 0.717) is 12.5 Å². The van der Waals surface area contributed by atoms with Gasteiger partial charge in [0.1, 0.15) is 0 Å². The molecule has 0 radical (unpaired) electrons. The largest absolute Gasteiger partial charge is 0.296 e. The van der Waals surface area contributed by atoms with Crippen LogP contribution in [0.5, 0.6) is 0 Å². The van der Waals surface area contributed by atoms with E-state index in [9.17, 15) is 4.79 Å². The fourth-order valence-electron chi connectivity index (χ4n) is 3.12. The number of hydrogen-bond donors (Lipinski definition) is 0. The van der Waals surface area contributed by atoms with Gasteiger partial charge in [-0.05, 0) is 37.1 Å². The zero-order valence-corrected chi connectivity index (χ0v) is 14.1. The van der Waals surface area contributed by atoms with E-state index < -0.39 is 0 Å². The predicted molar refractivity (Wildman–Crippen MR) is 93.0 cm³/mol. The molecule has 3 rings (SSSR count). The van der Waals surface area contributed by atoms with Gasteiger partial charge in [-0.2, -0.15) is 0 Å². The van der Waals surface area contributed by atoms with Crippen molar-refractivity contribution in [1.82, 2.24) is 4.90 Å². The highest BCUT2D eigenvalue weighted by atomic mass is 79.9. The first kappa shape index (κ1) is 15.4. The summed E-state index contributed by atoms with van der Waals surface area (Å²) in [5, 5.41) is 0. The summed E-state index contributed by atoms with van der Waals surface area (Å²) in [4.78, 5) is 14.9. The van der Waals surface area contributed by atoms with Crippen molar-refractivity contribution < 1.29 is 4.79 Å². The Balaban J connectivity index is 1.63. The number of carbonyl (C=O) groups is 1. The monoisotopic (exact) mass is 357 g/mol. The number of rotatable bonds is 5. The molecule has 1 aliphatic rings. The molecule has 2 nitrogen and oxygen atoms in total. The lowest BCUT2D eigenvalue weighted by Gasteiger charge is -2.24. The lowest BCUT2D eigenvalue weighted by molar-refractivity contribution is 0.0938. The lowest BCUT2D eigenvalue weighted by Crippen LogP contribution is -2.30. The SMILES string of the molecule is O=C(CC1CCCN1Cc1ccccc1)c1ccc(Br)cc1. The van der Waals surface area contributed by atoms with Crippen LogP contribution in [-0.2, 0) is 6.54 Å². The Bertz CT molecular complexity index is 624. The smallest absolute Gasteiger partial charge is 0.164 e. The van der Waals surface area contributed by atoms with Crippen LogP contribution in [0.3, 0.4) is 0 Å². The summed E-state index contributed by atoms with van der Waals surface area (Å²) in [5.74, 6) is 0.248. The van der Waals surface area contributed by atoms with Crippen LogP contribution in [0.2, 0.25) is 0 Å². The minimum atomic E-state index is 0.248. The first-order chi connectivity index (χ1) is 10.7. The third-order valence-corrected chi connectivity index (χ3v) is 4.84. The van der Waals surface area contributed by atoms with Crippen molar-refractivity contribution in [3.8, 4) is 0 Å². The molecule has 22 heavy (non-hydrogen) atoms. The molecule has 0 spiro atoms. The van der Waals surface area contributed by atoms with Crippen molar-refractivity contribution in [2.45, 2.75) is 31.8 Å². The van der Waals surface area contributed by atoms with Crippen molar-refractivity contribution in [3.05, 3.63) is 70.2 Å². The van der Waals surface area contributed by atoms with Crippen LogP contribution >= 0.6 is 15.9 Å². The Hall–Kier alpha value is -1.45. The van der Waals surface area contributed by atoms with Gasteiger partial charge >= 0.3 is 0 Å². The second-order valence-electron chi connectivity index (χ2n) is 5.89. The number of nitrogens with zero attached hydrogens (tertiary/aromatic N) is 1. The molecule has 1 atom stereocenters. The van der Waals surface area contributed by atoms with Gasteiger partial charge in [0.15, 0.2) is 5.78 Å². The fraction of sp³-hybridized carbons (Fsp3) is 0.316. The molecular weight excluding hydrogens is 338 g/mol. The Morgan fingerprint density at radius 3 is 2.55 bits per heavy atom. The number of hydrogen-bond acceptors (Lipinski definition) is 2. The highest BCUT2D eigenvalue weighted by Crippen LogP contribution is 2.24. The molecule has 2 aromatic rings. The standard InChI is InChI=1S/C19H20BrNO/c20-17-10-8-16(9-11-17)19(22)13-18-7-4-12-21(18)14-15-5-2-1-3-6-15/h1-3,5-6,8-11,18H,4,7,12-14H2. The van der Waals surface area contributed by atoms with Gasteiger partial charge in [0.2, 0.25) is 0 Å². The van der Waals surface area contributed by atoms with Crippen molar-refractivity contribution in [2.24, 2.45) is 0 Å². The van der Waals surface area contributed by atoms with Gasteiger partial charge in [0.05, 0.1) is 0 Å². The second-order valence-corrected chi connectivity index (χ2v) is 6.80. The molecule has 0 aliphatic carbocycles. The van der Waals surface area contributed by atoms with Crippen molar-refractivity contribution in [3.63, 3.8) is 0 Å². The fourth-order valence-corrected chi connectivity index (χ4v) is 3.38. The van der Waals surface area contributed by atoms with Crippen LogP contribution in [0.4, 0.5) is 0 Å². The van der Waals surface area contributed by atoms with Crippen molar-refractivity contribution in [2.75, 3.05) is 6.54 Å². The predicted octanol–water partition coefficient (Wildman–Crippen LogP) is 4.69. The van der Waals surface area contributed by atoms with Gasteiger partial charge in [-0.3, -0.25) is 9.69 Å². The summed E-state index contributed by atoms with van der Waals surface area (Å²) in [5.41, 5.74) is 2.14. The van der Waals surface area contributed by atoms with Crippen LogP contribution in [-0.4, -0.2) is 23.3 Å². The molecule has 0 amide bonds. The molecule has 0 aromatic heterocycles. The molecule has 1 unspecified atom stereocenters. The van der Waals surface area contributed by atoms with Gasteiger partial charge in [0.25, 0.3) is 0 Å². The maximum Gasteiger partial charge on any atom is 0.164 e. The minimum absolute atomic E-state index is 0.248. The second kappa shape index (κ2) is 7.21. The highest BCUT2D eigenvalue weighted by molar-refractivity contribution is 9.10. The maximum absolute atomic E-state index is 12.5. The molecule has 0 N–H and O–H groups in total. The lowest BCUT2D eigenvalue weighted by atomic mass is 10.0. The zero-order chi connectivity index (χ0) is 15.4. The molecule has 0 saturated carbocycles. The molecular formula is C19H20BrNO. The van der Waals surface area contributed by atoms with Crippen LogP contribution in [0.1, 0.15) is 35.2 Å². The maximum atomic E-state index is 12.5. The number of benzene rings is 2. The number of ketones is 1. The van der Waals surface area contributed by atoms with E-state index in [2.05, 4.69) is 45.1 Å². The average molecular weight is 358 g/mol. The van der Waals surface area contributed by atoms with E-state index in [4.69, 9.17) is 0 Å². The average Bonchev–Trinajstić information content (AvgIpc) is 2.96. The van der Waals surface area contributed by atoms with Crippen molar-refractivity contribution in [1.29, 1.82) is 0 Å². The first-order valence-electron chi connectivity index (χ1n) is 7.79. The molecule has 1 fully saturated rings. The van der Waals surface area contributed by atoms with E-state index in [0.717, 1.165) is 29.5 Å². The van der Waals surface area contributed by atoms with Gasteiger partial charge in [0, 0.05) is 29.0 Å². The van der Waals surface area contributed by atoms with E-state index in [1.54, 1.807) is 0 Å². The Morgan fingerprint density at radius 2 is 1.82 bits per heavy atom. The quantitative estimate of drug-likeness (QED) is 0.723. The molecule has 1 heterocycles. The van der Waals surface area contributed by atoms with Gasteiger partial charge in [-0.1, -0.05) is 58.4 Å². The molecule has 1 aliphatic heterocycles. The summed E-state index contributed by atoms with van der Waals surface area (Å²) in [7, 11) is 0.